The zero-order valence-electron chi connectivity index (χ0n) is 18.7. The fraction of sp³-hybridized carbons (Fsp3) is 0.444. The highest BCUT2D eigenvalue weighted by atomic mass is 19.1. The number of anilines is 1. The summed E-state index contributed by atoms with van der Waals surface area (Å²) in [7, 11) is 0. The first-order valence-corrected chi connectivity index (χ1v) is 11.9. The number of benzene rings is 2. The van der Waals surface area contributed by atoms with E-state index in [0.29, 0.717) is 24.7 Å². The largest absolute Gasteiger partial charge is 0.395 e. The first kappa shape index (κ1) is 21.9. The number of aliphatic hydroxyl groups is 1. The van der Waals surface area contributed by atoms with Crippen LogP contribution in [0.1, 0.15) is 42.7 Å². The second-order valence-electron chi connectivity index (χ2n) is 9.34. The highest BCUT2D eigenvalue weighted by molar-refractivity contribution is 5.89. The summed E-state index contributed by atoms with van der Waals surface area (Å²) in [5.41, 5.74) is 2.66. The maximum atomic E-state index is 13.5. The van der Waals surface area contributed by atoms with E-state index in [1.165, 1.54) is 30.5 Å². The van der Waals surface area contributed by atoms with Crippen molar-refractivity contribution in [3.63, 3.8) is 0 Å². The molecular weight excluding hydrogens is 417 g/mol. The number of rotatable bonds is 3. The third-order valence-electron chi connectivity index (χ3n) is 7.03. The molecule has 2 N–H and O–H groups in total. The molecule has 3 aliphatic rings. The topological polar surface area (TPSA) is 55.8 Å². The van der Waals surface area contributed by atoms with Crippen molar-refractivity contribution in [2.45, 2.75) is 43.7 Å². The van der Waals surface area contributed by atoms with Gasteiger partial charge < -0.3 is 15.3 Å². The van der Waals surface area contributed by atoms with Gasteiger partial charge in [0.25, 0.3) is 0 Å². The average molecular weight is 448 g/mol. The van der Waals surface area contributed by atoms with Crippen molar-refractivity contribution in [1.29, 1.82) is 0 Å². The van der Waals surface area contributed by atoms with Gasteiger partial charge in [0.1, 0.15) is 5.82 Å². The van der Waals surface area contributed by atoms with Gasteiger partial charge in [-0.25, -0.2) is 9.18 Å². The molecule has 6 heteroatoms. The lowest BCUT2D eigenvalue weighted by atomic mass is 9.74. The van der Waals surface area contributed by atoms with E-state index in [-0.39, 0.29) is 36.5 Å². The van der Waals surface area contributed by atoms with Crippen LogP contribution in [0.3, 0.4) is 0 Å². The lowest BCUT2D eigenvalue weighted by Gasteiger charge is -2.57. The zero-order chi connectivity index (χ0) is 22.8. The number of nitrogens with zero attached hydrogens (tertiary/aromatic N) is 2. The third-order valence-corrected chi connectivity index (χ3v) is 7.03. The number of carbonyl (C=O) groups excluding carboxylic acids is 1. The number of carbonyl (C=O) groups is 1. The Morgan fingerprint density at radius 2 is 1.91 bits per heavy atom. The van der Waals surface area contributed by atoms with Crippen molar-refractivity contribution in [2.75, 3.05) is 31.6 Å². The predicted molar refractivity (Wildman–Crippen MR) is 126 cm³/mol. The molecular formula is C27H30FN3O2. The van der Waals surface area contributed by atoms with E-state index in [9.17, 15) is 14.3 Å². The van der Waals surface area contributed by atoms with E-state index in [0.717, 1.165) is 24.9 Å². The molecule has 2 aromatic rings. The Morgan fingerprint density at radius 3 is 2.64 bits per heavy atom. The van der Waals surface area contributed by atoms with Gasteiger partial charge in [-0.2, -0.15) is 0 Å². The van der Waals surface area contributed by atoms with Crippen molar-refractivity contribution in [2.24, 2.45) is 5.92 Å². The normalized spacial score (nSPS) is 25.0. The van der Waals surface area contributed by atoms with Gasteiger partial charge in [0.2, 0.25) is 0 Å². The molecule has 0 unspecified atom stereocenters. The van der Waals surface area contributed by atoms with Gasteiger partial charge in [-0.15, -0.1) is 0 Å². The summed E-state index contributed by atoms with van der Waals surface area (Å²) < 4.78 is 13.5. The quantitative estimate of drug-likeness (QED) is 0.699. The van der Waals surface area contributed by atoms with Crippen LogP contribution >= 0.6 is 0 Å². The summed E-state index contributed by atoms with van der Waals surface area (Å²) in [6.07, 6.45) is 4.30. The minimum Gasteiger partial charge on any atom is -0.395 e. The van der Waals surface area contributed by atoms with Crippen LogP contribution in [0, 0.1) is 23.6 Å². The van der Waals surface area contributed by atoms with Gasteiger partial charge in [-0.05, 0) is 68.1 Å². The number of hydrogen-bond donors (Lipinski definition) is 2. The minimum atomic E-state index is -0.373. The first-order chi connectivity index (χ1) is 16.1. The molecule has 0 radical (unpaired) electrons. The Kier molecular flexibility index (Phi) is 6.34. The molecule has 1 aliphatic carbocycles. The molecule has 2 aromatic carbocycles. The third kappa shape index (κ3) is 4.90. The number of nitrogens with one attached hydrogen (secondary N) is 1. The van der Waals surface area contributed by atoms with E-state index in [4.69, 9.17) is 0 Å². The molecule has 2 saturated heterocycles. The van der Waals surface area contributed by atoms with Crippen molar-refractivity contribution in [3.8, 4) is 11.8 Å². The van der Waals surface area contributed by atoms with Gasteiger partial charge in [0, 0.05) is 48.3 Å². The Balaban J connectivity index is 1.32. The van der Waals surface area contributed by atoms with Gasteiger partial charge in [-0.1, -0.05) is 30.0 Å². The number of hydrogen-bond acceptors (Lipinski definition) is 3. The van der Waals surface area contributed by atoms with E-state index in [2.05, 4.69) is 46.3 Å². The highest BCUT2D eigenvalue weighted by Gasteiger charge is 2.49. The van der Waals surface area contributed by atoms with Crippen LogP contribution < -0.4 is 5.32 Å². The van der Waals surface area contributed by atoms with E-state index in [1.54, 1.807) is 12.1 Å². The summed E-state index contributed by atoms with van der Waals surface area (Å²) in [6, 6.07) is 14.3. The van der Waals surface area contributed by atoms with Gasteiger partial charge in [0.15, 0.2) is 0 Å². The van der Waals surface area contributed by atoms with Gasteiger partial charge in [0.05, 0.1) is 6.61 Å². The molecule has 33 heavy (non-hydrogen) atoms. The highest BCUT2D eigenvalue weighted by Crippen LogP contribution is 2.42. The molecule has 5 rings (SSSR count). The van der Waals surface area contributed by atoms with Gasteiger partial charge >= 0.3 is 6.03 Å². The smallest absolute Gasteiger partial charge is 0.321 e. The van der Waals surface area contributed by atoms with E-state index in [1.807, 2.05) is 4.90 Å². The minimum absolute atomic E-state index is 0.0598. The summed E-state index contributed by atoms with van der Waals surface area (Å²) in [6.45, 7) is 2.26. The van der Waals surface area contributed by atoms with E-state index >= 15 is 0 Å². The second-order valence-corrected chi connectivity index (χ2v) is 9.34. The summed E-state index contributed by atoms with van der Waals surface area (Å²) in [5.74, 6) is 6.91. The molecule has 2 aliphatic heterocycles. The molecule has 3 fully saturated rings. The second kappa shape index (κ2) is 9.54. The van der Waals surface area contributed by atoms with E-state index < -0.39 is 0 Å². The molecule has 0 bridgehead atoms. The number of fused-ring (bicyclic) bond motifs is 1. The van der Waals surface area contributed by atoms with Crippen LogP contribution in [0.2, 0.25) is 0 Å². The Labute approximate surface area is 194 Å². The van der Waals surface area contributed by atoms with Crippen LogP contribution in [0.4, 0.5) is 14.9 Å². The molecule has 2 amide bonds. The first-order valence-electron chi connectivity index (χ1n) is 11.9. The summed E-state index contributed by atoms with van der Waals surface area (Å²) in [5, 5.41) is 13.0. The van der Waals surface area contributed by atoms with Crippen LogP contribution in [0.15, 0.2) is 48.5 Å². The average Bonchev–Trinajstić information content (AvgIpc) is 3.62. The van der Waals surface area contributed by atoms with Crippen LogP contribution in [-0.4, -0.2) is 59.3 Å². The van der Waals surface area contributed by atoms with Crippen molar-refractivity contribution >= 4 is 11.7 Å². The molecule has 172 valence electrons. The lowest BCUT2D eigenvalue weighted by Crippen LogP contribution is -2.68. The Bertz CT molecular complexity index is 1060. The standard InChI is InChI=1S/C27H30FN3O2/c28-22-4-3-5-23(16-22)29-27(33)30-14-1-2-15-31-24(17-30)26(25(31)18-32)21-12-10-20(11-13-21)9-8-19-6-7-19/h3-5,10-13,16,19,24-26,32H,1-2,6-7,14-15,17-18H2,(H,29,33)/t24-,25-,26+/m1/s1. The lowest BCUT2D eigenvalue weighted by molar-refractivity contribution is -0.0585. The zero-order valence-corrected chi connectivity index (χ0v) is 18.7. The molecule has 5 nitrogen and oxygen atoms in total. The number of aliphatic hydroxyl groups excluding tert-OH is 1. The van der Waals surface area contributed by atoms with Gasteiger partial charge in [-0.3, -0.25) is 4.90 Å². The maximum Gasteiger partial charge on any atom is 0.321 e. The molecule has 3 atom stereocenters. The van der Waals surface area contributed by atoms with Crippen molar-refractivity contribution in [3.05, 3.63) is 65.5 Å². The number of halogens is 1. The van der Waals surface area contributed by atoms with Crippen LogP contribution in [-0.2, 0) is 0 Å². The molecule has 0 spiro atoms. The van der Waals surface area contributed by atoms with Crippen LogP contribution in [0.25, 0.3) is 0 Å². The fourth-order valence-electron chi connectivity index (χ4n) is 5.10. The fourth-order valence-corrected chi connectivity index (χ4v) is 5.10. The molecule has 0 aromatic heterocycles. The monoisotopic (exact) mass is 447 g/mol. The molecule has 1 saturated carbocycles. The number of urea groups is 1. The van der Waals surface area contributed by atoms with Crippen LogP contribution in [0.5, 0.6) is 0 Å². The van der Waals surface area contributed by atoms with Crippen molar-refractivity contribution < 1.29 is 14.3 Å². The summed E-state index contributed by atoms with van der Waals surface area (Å²) in [4.78, 5) is 17.2. The number of amides is 2. The molecule has 2 heterocycles. The Morgan fingerprint density at radius 1 is 1.12 bits per heavy atom. The predicted octanol–water partition coefficient (Wildman–Crippen LogP) is 4.04. The Hall–Kier alpha value is -2.88. The maximum absolute atomic E-state index is 13.5. The summed E-state index contributed by atoms with van der Waals surface area (Å²) >= 11 is 0. The van der Waals surface area contributed by atoms with Crippen molar-refractivity contribution in [1.82, 2.24) is 9.80 Å². The SMILES string of the molecule is O=C(Nc1cccc(F)c1)N1CCCCN2[C@H](CO)[C@@H](c3ccc(C#CC4CC4)cc3)[C@H]2C1.